The van der Waals surface area contributed by atoms with Gasteiger partial charge in [0.05, 0.1) is 5.56 Å². The maximum atomic E-state index is 11.9. The molecule has 0 bridgehead atoms. The van der Waals surface area contributed by atoms with Crippen molar-refractivity contribution < 1.29 is 4.79 Å². The van der Waals surface area contributed by atoms with Gasteiger partial charge in [-0.1, -0.05) is 11.6 Å². The van der Waals surface area contributed by atoms with Gasteiger partial charge < -0.3 is 4.98 Å². The second-order valence-electron chi connectivity index (χ2n) is 3.66. The average Bonchev–Trinajstić information content (AvgIpc) is 2.20. The highest BCUT2D eigenvalue weighted by molar-refractivity contribution is 5.87. The molecule has 76 valence electrons. The Morgan fingerprint density at radius 2 is 2.00 bits per heavy atom. The molecule has 15 heavy (non-hydrogen) atoms. The number of benzene rings is 1. The van der Waals surface area contributed by atoms with Crippen LogP contribution in [0.25, 0.3) is 10.9 Å². The number of hydrogen-bond donors (Lipinski definition) is 1. The van der Waals surface area contributed by atoms with E-state index in [0.717, 1.165) is 11.1 Å². The van der Waals surface area contributed by atoms with Crippen LogP contribution in [0.1, 0.15) is 21.6 Å². The minimum Gasteiger partial charge on any atom is -0.358 e. The van der Waals surface area contributed by atoms with Gasteiger partial charge in [-0.15, -0.1) is 0 Å². The molecule has 0 saturated carbocycles. The monoisotopic (exact) mass is 201 g/mol. The Bertz CT molecular complexity index is 596. The number of H-pyrrole nitrogens is 1. The van der Waals surface area contributed by atoms with E-state index < -0.39 is 0 Å². The maximum absolute atomic E-state index is 11.9. The van der Waals surface area contributed by atoms with Crippen molar-refractivity contribution in [1.82, 2.24) is 4.98 Å². The topological polar surface area (TPSA) is 49.9 Å². The third kappa shape index (κ3) is 1.46. The summed E-state index contributed by atoms with van der Waals surface area (Å²) in [6, 6.07) is 5.58. The highest BCUT2D eigenvalue weighted by atomic mass is 16.1. The molecule has 1 aromatic carbocycles. The van der Waals surface area contributed by atoms with Crippen LogP contribution in [-0.4, -0.2) is 11.3 Å². The van der Waals surface area contributed by atoms with Crippen molar-refractivity contribution in [3.05, 3.63) is 45.2 Å². The third-order valence-corrected chi connectivity index (χ3v) is 2.51. The summed E-state index contributed by atoms with van der Waals surface area (Å²) in [6.07, 6.45) is 0.607. The van der Waals surface area contributed by atoms with E-state index in [0.29, 0.717) is 17.4 Å². The molecular formula is C12H11NO2. The standard InChI is InChI=1S/C12H11NO2/c1-7-3-4-11-9(5-7)12(15)10(6-14)8(2)13-11/h3-6H,1-2H3,(H,13,15). The first-order valence-electron chi connectivity index (χ1n) is 4.72. The van der Waals surface area contributed by atoms with E-state index in [-0.39, 0.29) is 11.0 Å². The van der Waals surface area contributed by atoms with Crippen LogP contribution in [0.5, 0.6) is 0 Å². The van der Waals surface area contributed by atoms with Crippen LogP contribution in [0.3, 0.4) is 0 Å². The van der Waals surface area contributed by atoms with Crippen LogP contribution >= 0.6 is 0 Å². The summed E-state index contributed by atoms with van der Waals surface area (Å²) in [5, 5.41) is 0.572. The number of pyridine rings is 1. The van der Waals surface area contributed by atoms with Gasteiger partial charge in [0.1, 0.15) is 0 Å². The molecule has 1 N–H and O–H groups in total. The van der Waals surface area contributed by atoms with E-state index in [9.17, 15) is 9.59 Å². The van der Waals surface area contributed by atoms with E-state index in [1.807, 2.05) is 19.1 Å². The molecule has 0 fully saturated rings. The van der Waals surface area contributed by atoms with Crippen molar-refractivity contribution in [3.8, 4) is 0 Å². The van der Waals surface area contributed by atoms with Crippen molar-refractivity contribution in [3.63, 3.8) is 0 Å². The molecule has 3 nitrogen and oxygen atoms in total. The quantitative estimate of drug-likeness (QED) is 0.717. The minimum absolute atomic E-state index is 0.194. The molecule has 2 rings (SSSR count). The van der Waals surface area contributed by atoms with Crippen LogP contribution in [0.2, 0.25) is 0 Å². The van der Waals surface area contributed by atoms with Crippen LogP contribution in [0.15, 0.2) is 23.0 Å². The van der Waals surface area contributed by atoms with E-state index >= 15 is 0 Å². The first kappa shape index (κ1) is 9.65. The van der Waals surface area contributed by atoms with E-state index in [1.165, 1.54) is 0 Å². The number of nitrogens with one attached hydrogen (secondary N) is 1. The summed E-state index contributed by atoms with van der Waals surface area (Å²) in [5.41, 5.74) is 2.42. The predicted molar refractivity (Wildman–Crippen MR) is 59.4 cm³/mol. The number of fused-ring (bicyclic) bond motifs is 1. The fourth-order valence-electron chi connectivity index (χ4n) is 1.68. The minimum atomic E-state index is -0.194. The van der Waals surface area contributed by atoms with E-state index in [4.69, 9.17) is 0 Å². The predicted octanol–water partition coefficient (Wildman–Crippen LogP) is 1.96. The molecule has 0 aliphatic carbocycles. The number of rotatable bonds is 1. The Hall–Kier alpha value is -1.90. The SMILES string of the molecule is Cc1ccc2[nH]c(C)c(C=O)c(=O)c2c1. The van der Waals surface area contributed by atoms with Gasteiger partial charge in [-0.25, -0.2) is 0 Å². The lowest BCUT2D eigenvalue weighted by atomic mass is 10.1. The molecule has 3 heteroatoms. The Labute approximate surface area is 86.8 Å². The zero-order valence-electron chi connectivity index (χ0n) is 8.63. The summed E-state index contributed by atoms with van der Waals surface area (Å²) < 4.78 is 0. The van der Waals surface area contributed by atoms with Gasteiger partial charge in [-0.05, 0) is 26.0 Å². The van der Waals surface area contributed by atoms with Crippen molar-refractivity contribution >= 4 is 17.2 Å². The Morgan fingerprint density at radius 1 is 1.27 bits per heavy atom. The van der Waals surface area contributed by atoms with Crippen molar-refractivity contribution in [1.29, 1.82) is 0 Å². The van der Waals surface area contributed by atoms with Gasteiger partial charge in [-0.3, -0.25) is 9.59 Å². The molecule has 1 aromatic heterocycles. The van der Waals surface area contributed by atoms with E-state index in [1.54, 1.807) is 13.0 Å². The first-order chi connectivity index (χ1) is 7.13. The second kappa shape index (κ2) is 3.35. The summed E-state index contributed by atoms with van der Waals surface area (Å²) in [6.45, 7) is 3.64. The summed E-state index contributed by atoms with van der Waals surface area (Å²) >= 11 is 0. The molecule has 0 aliphatic heterocycles. The number of aromatic nitrogens is 1. The summed E-state index contributed by atoms with van der Waals surface area (Å²) in [7, 11) is 0. The molecule has 0 atom stereocenters. The zero-order valence-corrected chi connectivity index (χ0v) is 8.63. The van der Waals surface area contributed by atoms with Gasteiger partial charge in [0.15, 0.2) is 11.7 Å². The number of carbonyl (C=O) groups excluding carboxylic acids is 1. The molecule has 0 spiro atoms. The van der Waals surface area contributed by atoms with Gasteiger partial charge in [0.25, 0.3) is 0 Å². The summed E-state index contributed by atoms with van der Waals surface area (Å²) in [4.78, 5) is 25.7. The highest BCUT2D eigenvalue weighted by Crippen LogP contribution is 2.12. The normalized spacial score (nSPS) is 10.5. The highest BCUT2D eigenvalue weighted by Gasteiger charge is 2.07. The second-order valence-corrected chi connectivity index (χ2v) is 3.66. The fraction of sp³-hybridized carbons (Fsp3) is 0.167. The van der Waals surface area contributed by atoms with Gasteiger partial charge in [0, 0.05) is 16.6 Å². The van der Waals surface area contributed by atoms with Crippen LogP contribution in [-0.2, 0) is 0 Å². The number of aromatic amines is 1. The average molecular weight is 201 g/mol. The largest absolute Gasteiger partial charge is 0.358 e. The van der Waals surface area contributed by atoms with Crippen molar-refractivity contribution in [2.45, 2.75) is 13.8 Å². The Kier molecular flexibility index (Phi) is 2.15. The molecule has 0 aliphatic rings. The Balaban J connectivity index is 2.99. The number of carbonyl (C=O) groups is 1. The van der Waals surface area contributed by atoms with Gasteiger partial charge in [0.2, 0.25) is 0 Å². The molecular weight excluding hydrogens is 190 g/mol. The van der Waals surface area contributed by atoms with Crippen LogP contribution in [0.4, 0.5) is 0 Å². The maximum Gasteiger partial charge on any atom is 0.200 e. The lowest BCUT2D eigenvalue weighted by Gasteiger charge is -2.03. The van der Waals surface area contributed by atoms with Crippen LogP contribution < -0.4 is 5.43 Å². The Morgan fingerprint density at radius 3 is 2.67 bits per heavy atom. The lowest BCUT2D eigenvalue weighted by molar-refractivity contribution is 0.112. The molecule has 2 aromatic rings. The molecule has 0 amide bonds. The fourth-order valence-corrected chi connectivity index (χ4v) is 1.68. The molecule has 0 saturated heterocycles. The molecule has 0 radical (unpaired) electrons. The van der Waals surface area contributed by atoms with Gasteiger partial charge in [-0.2, -0.15) is 0 Å². The zero-order chi connectivity index (χ0) is 11.0. The van der Waals surface area contributed by atoms with Gasteiger partial charge >= 0.3 is 0 Å². The number of aldehydes is 1. The van der Waals surface area contributed by atoms with Crippen LogP contribution in [0, 0.1) is 13.8 Å². The number of hydrogen-bond acceptors (Lipinski definition) is 2. The van der Waals surface area contributed by atoms with Crippen molar-refractivity contribution in [2.24, 2.45) is 0 Å². The molecule has 1 heterocycles. The first-order valence-corrected chi connectivity index (χ1v) is 4.72. The summed E-state index contributed by atoms with van der Waals surface area (Å²) in [5.74, 6) is 0. The van der Waals surface area contributed by atoms with E-state index in [2.05, 4.69) is 4.98 Å². The number of aryl methyl sites for hydroxylation is 2. The lowest BCUT2D eigenvalue weighted by Crippen LogP contribution is -2.12. The van der Waals surface area contributed by atoms with Crippen molar-refractivity contribution in [2.75, 3.05) is 0 Å². The smallest absolute Gasteiger partial charge is 0.200 e. The molecule has 0 unspecified atom stereocenters. The third-order valence-electron chi connectivity index (χ3n) is 2.51.